The molecule has 0 unspecified atom stereocenters. The average molecular weight is 419 g/mol. The predicted molar refractivity (Wildman–Crippen MR) is 105 cm³/mol. The monoisotopic (exact) mass is 419 g/mol. The highest BCUT2D eigenvalue weighted by Gasteiger charge is 2.00. The van der Waals surface area contributed by atoms with Gasteiger partial charge in [0.1, 0.15) is 5.75 Å². The molecule has 1 aromatic carbocycles. The van der Waals surface area contributed by atoms with E-state index in [1.165, 1.54) is 24.8 Å². The van der Waals surface area contributed by atoms with Gasteiger partial charge in [0.2, 0.25) is 0 Å². The maximum absolute atomic E-state index is 5.64. The van der Waals surface area contributed by atoms with E-state index in [0.717, 1.165) is 24.8 Å². The first-order valence-corrected chi connectivity index (χ1v) is 7.85. The van der Waals surface area contributed by atoms with Crippen LogP contribution in [-0.2, 0) is 6.54 Å². The van der Waals surface area contributed by atoms with E-state index >= 15 is 0 Å². The van der Waals surface area contributed by atoms with E-state index in [-0.39, 0.29) is 30.1 Å². The maximum atomic E-state index is 5.64. The summed E-state index contributed by atoms with van der Waals surface area (Å²) in [5.74, 6) is 1.77. The smallest absolute Gasteiger partial charge is 0.191 e. The van der Waals surface area contributed by atoms with Crippen LogP contribution in [0.2, 0.25) is 0 Å². The van der Waals surface area contributed by atoms with Crippen LogP contribution in [0.1, 0.15) is 45.6 Å². The Balaban J connectivity index is 0.00000441. The van der Waals surface area contributed by atoms with Gasteiger partial charge in [0, 0.05) is 20.1 Å². The summed E-state index contributed by atoms with van der Waals surface area (Å²) in [5.41, 5.74) is 1.21. The van der Waals surface area contributed by atoms with E-state index in [1.807, 2.05) is 26.0 Å². The summed E-state index contributed by atoms with van der Waals surface area (Å²) in [6.45, 7) is 8.00. The van der Waals surface area contributed by atoms with Gasteiger partial charge in [-0.3, -0.25) is 4.99 Å². The molecule has 126 valence electrons. The number of hydrogen-bond acceptors (Lipinski definition) is 2. The average Bonchev–Trinajstić information content (AvgIpc) is 2.47. The molecule has 0 aliphatic rings. The van der Waals surface area contributed by atoms with E-state index < -0.39 is 0 Å². The number of nitrogens with one attached hydrogen (secondary N) is 2. The van der Waals surface area contributed by atoms with Crippen molar-refractivity contribution in [1.29, 1.82) is 0 Å². The molecule has 22 heavy (non-hydrogen) atoms. The molecule has 0 aliphatic heterocycles. The van der Waals surface area contributed by atoms with Crippen LogP contribution in [0, 0.1) is 0 Å². The maximum Gasteiger partial charge on any atom is 0.191 e. The first-order chi connectivity index (χ1) is 10.2. The fourth-order valence-corrected chi connectivity index (χ4v) is 1.95. The normalized spacial score (nSPS) is 11.0. The van der Waals surface area contributed by atoms with Gasteiger partial charge in [0.05, 0.1) is 6.10 Å². The topological polar surface area (TPSA) is 45.7 Å². The van der Waals surface area contributed by atoms with E-state index in [4.69, 9.17) is 4.74 Å². The molecule has 0 saturated heterocycles. The Hall–Kier alpha value is -0.980. The van der Waals surface area contributed by atoms with Crippen LogP contribution in [0.15, 0.2) is 29.3 Å². The Morgan fingerprint density at radius 3 is 2.36 bits per heavy atom. The second kappa shape index (κ2) is 12.6. The predicted octanol–water partition coefficient (Wildman–Crippen LogP) is 3.95. The van der Waals surface area contributed by atoms with Crippen molar-refractivity contribution in [2.24, 2.45) is 4.99 Å². The van der Waals surface area contributed by atoms with Crippen molar-refractivity contribution in [1.82, 2.24) is 10.6 Å². The lowest BCUT2D eigenvalue weighted by Crippen LogP contribution is -2.37. The number of hydrogen-bond donors (Lipinski definition) is 2. The number of halogens is 1. The third-order valence-corrected chi connectivity index (χ3v) is 3.05. The molecule has 4 nitrogen and oxygen atoms in total. The van der Waals surface area contributed by atoms with Crippen molar-refractivity contribution in [2.75, 3.05) is 13.6 Å². The lowest BCUT2D eigenvalue weighted by Gasteiger charge is -2.13. The third-order valence-electron chi connectivity index (χ3n) is 3.05. The minimum Gasteiger partial charge on any atom is -0.491 e. The fraction of sp³-hybridized carbons (Fsp3) is 0.588. The zero-order chi connectivity index (χ0) is 15.5. The summed E-state index contributed by atoms with van der Waals surface area (Å²) in [4.78, 5) is 4.23. The van der Waals surface area contributed by atoms with Crippen molar-refractivity contribution in [3.8, 4) is 5.75 Å². The standard InChI is InChI=1S/C17H29N3O.HI/c1-5-6-7-12-19-17(18-4)20-13-15-8-10-16(11-9-15)21-14(2)3;/h8-11,14H,5-7,12-13H2,1-4H3,(H2,18,19,20);1H. The number of aliphatic imine (C=N–C) groups is 1. The zero-order valence-corrected chi connectivity index (χ0v) is 16.5. The summed E-state index contributed by atoms with van der Waals surface area (Å²) >= 11 is 0. The van der Waals surface area contributed by atoms with Crippen LogP contribution in [-0.4, -0.2) is 25.7 Å². The minimum atomic E-state index is 0. The molecule has 1 rings (SSSR count). The van der Waals surface area contributed by atoms with Crippen LogP contribution in [0.4, 0.5) is 0 Å². The van der Waals surface area contributed by atoms with Gasteiger partial charge in [-0.2, -0.15) is 0 Å². The first-order valence-electron chi connectivity index (χ1n) is 7.85. The minimum absolute atomic E-state index is 0. The van der Waals surface area contributed by atoms with Crippen LogP contribution >= 0.6 is 24.0 Å². The first kappa shape index (κ1) is 21.0. The SMILES string of the molecule is CCCCCNC(=NC)NCc1ccc(OC(C)C)cc1.I. The molecule has 5 heteroatoms. The zero-order valence-electron chi connectivity index (χ0n) is 14.2. The molecule has 0 aliphatic carbocycles. The molecule has 1 aromatic rings. The van der Waals surface area contributed by atoms with Crippen LogP contribution < -0.4 is 15.4 Å². The number of benzene rings is 1. The highest BCUT2D eigenvalue weighted by molar-refractivity contribution is 14.0. The lowest BCUT2D eigenvalue weighted by atomic mass is 10.2. The lowest BCUT2D eigenvalue weighted by molar-refractivity contribution is 0.242. The second-order valence-corrected chi connectivity index (χ2v) is 5.37. The Morgan fingerprint density at radius 2 is 1.82 bits per heavy atom. The van der Waals surface area contributed by atoms with Gasteiger partial charge in [-0.15, -0.1) is 24.0 Å². The molecule has 2 N–H and O–H groups in total. The van der Waals surface area contributed by atoms with Gasteiger partial charge in [-0.1, -0.05) is 31.9 Å². The molecule has 0 saturated carbocycles. The molecule has 0 heterocycles. The van der Waals surface area contributed by atoms with Crippen LogP contribution in [0.5, 0.6) is 5.75 Å². The van der Waals surface area contributed by atoms with Gasteiger partial charge in [-0.05, 0) is 38.0 Å². The fourth-order valence-electron chi connectivity index (χ4n) is 1.95. The number of rotatable bonds is 8. The van der Waals surface area contributed by atoms with Crippen LogP contribution in [0.25, 0.3) is 0 Å². The second-order valence-electron chi connectivity index (χ2n) is 5.37. The largest absolute Gasteiger partial charge is 0.491 e. The molecule has 0 atom stereocenters. The Kier molecular flexibility index (Phi) is 12.0. The van der Waals surface area contributed by atoms with E-state index in [9.17, 15) is 0 Å². The molecule has 0 aromatic heterocycles. The van der Waals surface area contributed by atoms with Crippen LogP contribution in [0.3, 0.4) is 0 Å². The Morgan fingerprint density at radius 1 is 1.14 bits per heavy atom. The molecular formula is C17H30IN3O. The van der Waals surface area contributed by atoms with Crippen molar-refractivity contribution in [3.63, 3.8) is 0 Å². The number of ether oxygens (including phenoxy) is 1. The Labute approximate surface area is 152 Å². The summed E-state index contributed by atoms with van der Waals surface area (Å²) in [5, 5.41) is 6.65. The number of guanidine groups is 1. The van der Waals surface area contributed by atoms with E-state index in [0.29, 0.717) is 0 Å². The highest BCUT2D eigenvalue weighted by atomic mass is 127. The highest BCUT2D eigenvalue weighted by Crippen LogP contribution is 2.13. The molecule has 0 spiro atoms. The quantitative estimate of drug-likeness (QED) is 0.290. The van der Waals surface area contributed by atoms with Crippen molar-refractivity contribution in [3.05, 3.63) is 29.8 Å². The van der Waals surface area contributed by atoms with Gasteiger partial charge >= 0.3 is 0 Å². The van der Waals surface area contributed by atoms with Crippen molar-refractivity contribution in [2.45, 2.75) is 52.7 Å². The Bertz CT molecular complexity index is 418. The molecule has 0 bridgehead atoms. The molecule has 0 fully saturated rings. The number of nitrogens with zero attached hydrogens (tertiary/aromatic N) is 1. The van der Waals surface area contributed by atoms with E-state index in [2.05, 4.69) is 34.7 Å². The summed E-state index contributed by atoms with van der Waals surface area (Å²) in [6, 6.07) is 8.17. The summed E-state index contributed by atoms with van der Waals surface area (Å²) < 4.78 is 5.64. The molecular weight excluding hydrogens is 389 g/mol. The van der Waals surface area contributed by atoms with Gasteiger partial charge < -0.3 is 15.4 Å². The molecule has 0 amide bonds. The molecule has 0 radical (unpaired) electrons. The van der Waals surface area contributed by atoms with Crippen molar-refractivity contribution >= 4 is 29.9 Å². The third kappa shape index (κ3) is 9.12. The summed E-state index contributed by atoms with van der Waals surface area (Å²) in [7, 11) is 1.80. The van der Waals surface area contributed by atoms with Gasteiger partial charge in [-0.25, -0.2) is 0 Å². The van der Waals surface area contributed by atoms with Gasteiger partial charge in [0.25, 0.3) is 0 Å². The summed E-state index contributed by atoms with van der Waals surface area (Å²) in [6.07, 6.45) is 3.87. The van der Waals surface area contributed by atoms with E-state index in [1.54, 1.807) is 7.05 Å². The van der Waals surface area contributed by atoms with Crippen molar-refractivity contribution < 1.29 is 4.74 Å². The number of unbranched alkanes of at least 4 members (excludes halogenated alkanes) is 2. The van der Waals surface area contributed by atoms with Gasteiger partial charge in [0.15, 0.2) is 5.96 Å².